The molecule has 0 amide bonds. The molecule has 1 aromatic rings. The number of aliphatic hydroxyl groups is 1. The van der Waals surface area contributed by atoms with Crippen LogP contribution in [0, 0.1) is 0 Å². The second-order valence-electron chi connectivity index (χ2n) is 5.68. The monoisotopic (exact) mass is 277 g/mol. The summed E-state index contributed by atoms with van der Waals surface area (Å²) in [5.74, 6) is 0.876. The highest BCUT2D eigenvalue weighted by Crippen LogP contribution is 2.33. The molecule has 20 heavy (non-hydrogen) atoms. The van der Waals surface area contributed by atoms with Crippen molar-refractivity contribution in [3.8, 4) is 5.75 Å². The van der Waals surface area contributed by atoms with E-state index in [-0.39, 0.29) is 0 Å². The Kier molecular flexibility index (Phi) is 5.44. The van der Waals surface area contributed by atoms with E-state index in [2.05, 4.69) is 11.8 Å². The highest BCUT2D eigenvalue weighted by Gasteiger charge is 2.31. The second kappa shape index (κ2) is 7.09. The lowest BCUT2D eigenvalue weighted by Gasteiger charge is -2.27. The van der Waals surface area contributed by atoms with E-state index in [0.29, 0.717) is 6.61 Å². The maximum Gasteiger partial charge on any atom is 0.119 e. The van der Waals surface area contributed by atoms with Crippen molar-refractivity contribution in [3.05, 3.63) is 29.8 Å². The Hall–Kier alpha value is -1.06. The topological polar surface area (TPSA) is 32.7 Å². The van der Waals surface area contributed by atoms with Crippen LogP contribution in [-0.2, 0) is 5.60 Å². The lowest BCUT2D eigenvalue weighted by atomic mass is 9.87. The zero-order valence-electron chi connectivity index (χ0n) is 12.8. The second-order valence-corrected chi connectivity index (χ2v) is 5.68. The normalized spacial score (nSPS) is 24.4. The highest BCUT2D eigenvalue weighted by atomic mass is 16.5. The van der Waals surface area contributed by atoms with Gasteiger partial charge in [-0.05, 0) is 63.4 Å². The van der Waals surface area contributed by atoms with Crippen molar-refractivity contribution in [2.45, 2.75) is 45.1 Å². The van der Waals surface area contributed by atoms with E-state index < -0.39 is 5.60 Å². The van der Waals surface area contributed by atoms with Crippen molar-refractivity contribution < 1.29 is 9.84 Å². The largest absolute Gasteiger partial charge is 0.494 e. The number of benzene rings is 1. The quantitative estimate of drug-likeness (QED) is 0.897. The van der Waals surface area contributed by atoms with Crippen molar-refractivity contribution in [2.75, 3.05) is 26.2 Å². The third-order valence-corrected chi connectivity index (χ3v) is 4.15. The summed E-state index contributed by atoms with van der Waals surface area (Å²) in [4.78, 5) is 2.46. The lowest BCUT2D eigenvalue weighted by Crippen LogP contribution is -2.29. The fourth-order valence-corrected chi connectivity index (χ4v) is 3.03. The van der Waals surface area contributed by atoms with Gasteiger partial charge in [0, 0.05) is 6.54 Å². The standard InChI is InChI=1S/C17H27NO2/c1-3-12-18-13-5-10-17(19,11-14-18)15-6-8-16(9-7-15)20-4-2/h6-9,19H,3-5,10-14H2,1-2H3. The van der Waals surface area contributed by atoms with Gasteiger partial charge in [-0.1, -0.05) is 19.1 Å². The Bertz CT molecular complexity index is 404. The fourth-order valence-electron chi connectivity index (χ4n) is 3.03. The van der Waals surface area contributed by atoms with E-state index in [0.717, 1.165) is 50.2 Å². The molecule has 1 heterocycles. The van der Waals surface area contributed by atoms with Crippen LogP contribution in [0.5, 0.6) is 5.75 Å². The van der Waals surface area contributed by atoms with Crippen LogP contribution < -0.4 is 4.74 Å². The molecule has 1 atom stereocenters. The summed E-state index contributed by atoms with van der Waals surface area (Å²) in [5, 5.41) is 11.0. The first-order chi connectivity index (χ1) is 9.68. The number of hydrogen-bond donors (Lipinski definition) is 1. The molecule has 1 saturated heterocycles. The Labute approximate surface area is 122 Å². The maximum atomic E-state index is 11.0. The molecule has 0 aliphatic carbocycles. The van der Waals surface area contributed by atoms with Crippen molar-refractivity contribution in [1.29, 1.82) is 0 Å². The minimum absolute atomic E-state index is 0.673. The van der Waals surface area contributed by atoms with Gasteiger partial charge < -0.3 is 14.7 Å². The van der Waals surface area contributed by atoms with Gasteiger partial charge in [0.05, 0.1) is 12.2 Å². The Balaban J connectivity index is 2.05. The first-order valence-electron chi connectivity index (χ1n) is 7.86. The van der Waals surface area contributed by atoms with Crippen LogP contribution in [0.25, 0.3) is 0 Å². The van der Waals surface area contributed by atoms with Crippen LogP contribution in [-0.4, -0.2) is 36.2 Å². The highest BCUT2D eigenvalue weighted by molar-refractivity contribution is 5.31. The summed E-state index contributed by atoms with van der Waals surface area (Å²) in [7, 11) is 0. The molecular weight excluding hydrogens is 250 g/mol. The molecule has 0 spiro atoms. The third kappa shape index (κ3) is 3.74. The Morgan fingerprint density at radius 3 is 2.55 bits per heavy atom. The Morgan fingerprint density at radius 1 is 1.15 bits per heavy atom. The molecule has 1 aliphatic rings. The van der Waals surface area contributed by atoms with Gasteiger partial charge in [-0.15, -0.1) is 0 Å². The summed E-state index contributed by atoms with van der Waals surface area (Å²) in [6.45, 7) is 8.10. The Morgan fingerprint density at radius 2 is 1.90 bits per heavy atom. The van der Waals surface area contributed by atoms with Crippen molar-refractivity contribution in [3.63, 3.8) is 0 Å². The van der Waals surface area contributed by atoms with E-state index in [1.807, 2.05) is 31.2 Å². The van der Waals surface area contributed by atoms with E-state index in [1.165, 1.54) is 6.42 Å². The van der Waals surface area contributed by atoms with E-state index >= 15 is 0 Å². The average Bonchev–Trinajstić information content (AvgIpc) is 2.64. The summed E-state index contributed by atoms with van der Waals surface area (Å²) in [6, 6.07) is 7.96. The third-order valence-electron chi connectivity index (χ3n) is 4.15. The number of rotatable bonds is 5. The van der Waals surface area contributed by atoms with Gasteiger partial charge in [0.1, 0.15) is 5.75 Å². The molecule has 3 heteroatoms. The molecule has 1 aliphatic heterocycles. The van der Waals surface area contributed by atoms with Crippen molar-refractivity contribution in [2.24, 2.45) is 0 Å². The van der Waals surface area contributed by atoms with Gasteiger partial charge in [-0.3, -0.25) is 0 Å². The van der Waals surface area contributed by atoms with Crippen LogP contribution in [0.4, 0.5) is 0 Å². The first-order valence-corrected chi connectivity index (χ1v) is 7.86. The van der Waals surface area contributed by atoms with Gasteiger partial charge >= 0.3 is 0 Å². The lowest BCUT2D eigenvalue weighted by molar-refractivity contribution is 0.0212. The maximum absolute atomic E-state index is 11.0. The number of likely N-dealkylation sites (tertiary alicyclic amines) is 1. The molecule has 0 saturated carbocycles. The minimum Gasteiger partial charge on any atom is -0.494 e. The van der Waals surface area contributed by atoms with Crippen LogP contribution in [0.3, 0.4) is 0 Å². The summed E-state index contributed by atoms with van der Waals surface area (Å²) >= 11 is 0. The van der Waals surface area contributed by atoms with Gasteiger partial charge in [0.2, 0.25) is 0 Å². The number of ether oxygens (including phenoxy) is 1. The van der Waals surface area contributed by atoms with Crippen LogP contribution in [0.2, 0.25) is 0 Å². The molecular formula is C17H27NO2. The molecule has 112 valence electrons. The molecule has 1 fully saturated rings. The smallest absolute Gasteiger partial charge is 0.119 e. The van der Waals surface area contributed by atoms with Crippen molar-refractivity contribution >= 4 is 0 Å². The van der Waals surface area contributed by atoms with Gasteiger partial charge in [-0.25, -0.2) is 0 Å². The van der Waals surface area contributed by atoms with E-state index in [9.17, 15) is 5.11 Å². The predicted molar refractivity (Wildman–Crippen MR) is 82.1 cm³/mol. The molecule has 1 aromatic carbocycles. The van der Waals surface area contributed by atoms with Crippen LogP contribution in [0.1, 0.15) is 45.1 Å². The number of hydrogen-bond acceptors (Lipinski definition) is 3. The zero-order valence-corrected chi connectivity index (χ0v) is 12.8. The van der Waals surface area contributed by atoms with E-state index in [1.54, 1.807) is 0 Å². The first kappa shape index (κ1) is 15.3. The van der Waals surface area contributed by atoms with Gasteiger partial charge in [0.15, 0.2) is 0 Å². The zero-order chi connectivity index (χ0) is 14.4. The molecule has 0 bridgehead atoms. The molecule has 3 nitrogen and oxygen atoms in total. The van der Waals surface area contributed by atoms with Crippen molar-refractivity contribution in [1.82, 2.24) is 4.90 Å². The predicted octanol–water partition coefficient (Wildman–Crippen LogP) is 3.17. The molecule has 0 radical (unpaired) electrons. The molecule has 0 aromatic heterocycles. The molecule has 2 rings (SSSR count). The van der Waals surface area contributed by atoms with Gasteiger partial charge in [-0.2, -0.15) is 0 Å². The fraction of sp³-hybridized carbons (Fsp3) is 0.647. The summed E-state index contributed by atoms with van der Waals surface area (Å²) in [6.07, 6.45) is 3.91. The van der Waals surface area contributed by atoms with Gasteiger partial charge in [0.25, 0.3) is 0 Å². The number of nitrogens with zero attached hydrogens (tertiary/aromatic N) is 1. The van der Waals surface area contributed by atoms with Crippen LogP contribution >= 0.6 is 0 Å². The van der Waals surface area contributed by atoms with Crippen LogP contribution in [0.15, 0.2) is 24.3 Å². The molecule has 1 N–H and O–H groups in total. The summed E-state index contributed by atoms with van der Waals surface area (Å²) < 4.78 is 5.46. The van der Waals surface area contributed by atoms with E-state index in [4.69, 9.17) is 4.74 Å². The molecule has 1 unspecified atom stereocenters. The average molecular weight is 277 g/mol. The summed E-state index contributed by atoms with van der Waals surface area (Å²) in [5.41, 5.74) is 0.354. The SMILES string of the molecule is CCCN1CCCC(O)(c2ccc(OCC)cc2)CC1. The minimum atomic E-state index is -0.673.